The number of nitrogens with zero attached hydrogens (tertiary/aromatic N) is 2. The summed E-state index contributed by atoms with van der Waals surface area (Å²) in [6.45, 7) is 2.42. The van der Waals surface area contributed by atoms with Crippen LogP contribution in [-0.2, 0) is 6.42 Å². The molecule has 112 valence electrons. The molecule has 2 N–H and O–H groups in total. The fourth-order valence-corrected chi connectivity index (χ4v) is 2.54. The van der Waals surface area contributed by atoms with Gasteiger partial charge in [0.05, 0.1) is 11.6 Å². The largest absolute Gasteiger partial charge is 0.491 e. The Bertz CT molecular complexity index is 627. The van der Waals surface area contributed by atoms with Crippen molar-refractivity contribution in [1.82, 2.24) is 9.97 Å². The highest BCUT2D eigenvalue weighted by atomic mass is 35.5. The summed E-state index contributed by atoms with van der Waals surface area (Å²) in [5.41, 5.74) is 6.63. The Morgan fingerprint density at radius 1 is 1.33 bits per heavy atom. The summed E-state index contributed by atoms with van der Waals surface area (Å²) >= 11 is 7.32. The van der Waals surface area contributed by atoms with Gasteiger partial charge in [0, 0.05) is 17.5 Å². The molecule has 0 saturated heterocycles. The highest BCUT2D eigenvalue weighted by Gasteiger charge is 2.05. The van der Waals surface area contributed by atoms with E-state index < -0.39 is 0 Å². The van der Waals surface area contributed by atoms with Crippen LogP contribution >= 0.6 is 23.4 Å². The molecule has 1 aromatic carbocycles. The van der Waals surface area contributed by atoms with Gasteiger partial charge in [0.1, 0.15) is 17.4 Å². The second-order valence-corrected chi connectivity index (χ2v) is 5.66. The molecule has 0 aliphatic heterocycles. The van der Waals surface area contributed by atoms with Crippen molar-refractivity contribution in [3.8, 4) is 5.75 Å². The van der Waals surface area contributed by atoms with E-state index in [1.54, 1.807) is 6.07 Å². The molecular weight excluding hydrogens is 313 g/mol. The Morgan fingerprint density at radius 2 is 2.14 bits per heavy atom. The molecule has 0 saturated carbocycles. The predicted molar refractivity (Wildman–Crippen MR) is 83.5 cm³/mol. The van der Waals surface area contributed by atoms with E-state index in [4.69, 9.17) is 22.1 Å². The first kappa shape index (κ1) is 15.9. The first-order valence-corrected chi connectivity index (χ1v) is 7.79. The summed E-state index contributed by atoms with van der Waals surface area (Å²) in [5, 5.41) is 0.883. The van der Waals surface area contributed by atoms with Gasteiger partial charge >= 0.3 is 0 Å². The number of ether oxygens (including phenoxy) is 1. The molecule has 0 aliphatic carbocycles. The average Bonchev–Trinajstić information content (AvgIpc) is 2.44. The summed E-state index contributed by atoms with van der Waals surface area (Å²) < 4.78 is 18.4. The molecule has 0 bridgehead atoms. The minimum Gasteiger partial charge on any atom is -0.491 e. The number of benzene rings is 1. The standard InChI is InChI=1S/C14H15ClFN3OS/c1-2-10-8-13(17)19-14(18-10)21-6-5-20-12-4-3-9(16)7-11(12)15/h3-4,7-8H,2,5-6H2,1H3,(H2,17,18,19). The van der Waals surface area contributed by atoms with Crippen LogP contribution in [0.1, 0.15) is 12.6 Å². The topological polar surface area (TPSA) is 61.0 Å². The van der Waals surface area contributed by atoms with Crippen LogP contribution in [0, 0.1) is 5.82 Å². The fourth-order valence-electron chi connectivity index (χ4n) is 1.62. The van der Waals surface area contributed by atoms with Crippen LogP contribution in [0.4, 0.5) is 10.2 Å². The lowest BCUT2D eigenvalue weighted by Gasteiger charge is -2.08. The molecule has 0 spiro atoms. The zero-order valence-electron chi connectivity index (χ0n) is 11.5. The predicted octanol–water partition coefficient (Wildman–Crippen LogP) is 3.58. The van der Waals surface area contributed by atoms with Gasteiger partial charge in [-0.25, -0.2) is 14.4 Å². The SMILES string of the molecule is CCc1cc(N)nc(SCCOc2ccc(F)cc2Cl)n1. The van der Waals surface area contributed by atoms with E-state index in [0.717, 1.165) is 12.1 Å². The normalized spacial score (nSPS) is 10.6. The first-order chi connectivity index (χ1) is 10.1. The molecule has 0 atom stereocenters. The molecular formula is C14H15ClFN3OS. The maximum atomic E-state index is 12.9. The monoisotopic (exact) mass is 327 g/mol. The highest BCUT2D eigenvalue weighted by molar-refractivity contribution is 7.99. The minimum absolute atomic E-state index is 0.258. The van der Waals surface area contributed by atoms with Crippen molar-refractivity contribution in [3.63, 3.8) is 0 Å². The van der Waals surface area contributed by atoms with Crippen LogP contribution in [0.2, 0.25) is 5.02 Å². The summed E-state index contributed by atoms with van der Waals surface area (Å²) in [6, 6.07) is 5.80. The van der Waals surface area contributed by atoms with Gasteiger partial charge in [0.15, 0.2) is 5.16 Å². The van der Waals surface area contributed by atoms with Gasteiger partial charge in [-0.3, -0.25) is 0 Å². The lowest BCUT2D eigenvalue weighted by molar-refractivity contribution is 0.343. The molecule has 4 nitrogen and oxygen atoms in total. The number of hydrogen-bond donors (Lipinski definition) is 1. The number of nitrogens with two attached hydrogens (primary N) is 1. The van der Waals surface area contributed by atoms with Crippen molar-refractivity contribution in [2.24, 2.45) is 0 Å². The van der Waals surface area contributed by atoms with Crippen LogP contribution in [0.15, 0.2) is 29.4 Å². The van der Waals surface area contributed by atoms with Crippen molar-refractivity contribution in [1.29, 1.82) is 0 Å². The molecule has 0 amide bonds. The summed E-state index contributed by atoms with van der Waals surface area (Å²) in [7, 11) is 0. The molecule has 0 unspecified atom stereocenters. The molecule has 21 heavy (non-hydrogen) atoms. The zero-order chi connectivity index (χ0) is 15.2. The third-order valence-corrected chi connectivity index (χ3v) is 3.71. The van der Waals surface area contributed by atoms with Crippen molar-refractivity contribution < 1.29 is 9.13 Å². The van der Waals surface area contributed by atoms with Gasteiger partial charge in [-0.15, -0.1) is 0 Å². The quantitative estimate of drug-likeness (QED) is 0.499. The van der Waals surface area contributed by atoms with Gasteiger partial charge < -0.3 is 10.5 Å². The van der Waals surface area contributed by atoms with Crippen molar-refractivity contribution in [2.45, 2.75) is 18.5 Å². The number of hydrogen-bond acceptors (Lipinski definition) is 5. The number of aromatic nitrogens is 2. The number of thioether (sulfide) groups is 1. The van der Waals surface area contributed by atoms with Crippen molar-refractivity contribution in [2.75, 3.05) is 18.1 Å². The molecule has 0 fully saturated rings. The van der Waals surface area contributed by atoms with Crippen LogP contribution in [0.3, 0.4) is 0 Å². The lowest BCUT2D eigenvalue weighted by Crippen LogP contribution is -2.03. The Kier molecular flexibility index (Phi) is 5.64. The Balaban J connectivity index is 1.86. The Hall–Kier alpha value is -1.53. The third-order valence-electron chi connectivity index (χ3n) is 2.61. The van der Waals surface area contributed by atoms with Gasteiger partial charge in [-0.05, 0) is 24.6 Å². The Morgan fingerprint density at radius 3 is 2.86 bits per heavy atom. The number of aryl methyl sites for hydroxylation is 1. The van der Waals surface area contributed by atoms with E-state index in [0.29, 0.717) is 29.1 Å². The summed E-state index contributed by atoms with van der Waals surface area (Å²) in [5.74, 6) is 1.18. The molecule has 0 radical (unpaired) electrons. The zero-order valence-corrected chi connectivity index (χ0v) is 13.0. The fraction of sp³-hybridized carbons (Fsp3) is 0.286. The first-order valence-electron chi connectivity index (χ1n) is 6.42. The maximum absolute atomic E-state index is 12.9. The molecule has 0 aliphatic rings. The van der Waals surface area contributed by atoms with Crippen LogP contribution < -0.4 is 10.5 Å². The number of nitrogen functional groups attached to an aromatic ring is 1. The van der Waals surface area contributed by atoms with Crippen LogP contribution in [-0.4, -0.2) is 22.3 Å². The van der Waals surface area contributed by atoms with E-state index in [-0.39, 0.29) is 10.8 Å². The highest BCUT2D eigenvalue weighted by Crippen LogP contribution is 2.25. The lowest BCUT2D eigenvalue weighted by atomic mass is 10.3. The van der Waals surface area contributed by atoms with Gasteiger partial charge in [0.2, 0.25) is 0 Å². The summed E-state index contributed by atoms with van der Waals surface area (Å²) in [4.78, 5) is 8.52. The average molecular weight is 328 g/mol. The van der Waals surface area contributed by atoms with Crippen molar-refractivity contribution in [3.05, 3.63) is 40.8 Å². The van der Waals surface area contributed by atoms with E-state index in [1.807, 2.05) is 6.92 Å². The van der Waals surface area contributed by atoms with Crippen LogP contribution in [0.25, 0.3) is 0 Å². The van der Waals surface area contributed by atoms with E-state index in [2.05, 4.69) is 9.97 Å². The molecule has 2 aromatic rings. The van der Waals surface area contributed by atoms with Gasteiger partial charge in [-0.1, -0.05) is 30.3 Å². The second kappa shape index (κ2) is 7.47. The second-order valence-electron chi connectivity index (χ2n) is 4.19. The molecule has 7 heteroatoms. The number of halogens is 2. The van der Waals surface area contributed by atoms with Crippen molar-refractivity contribution >= 4 is 29.2 Å². The molecule has 2 rings (SSSR count). The minimum atomic E-state index is -0.387. The number of rotatable bonds is 6. The van der Waals surface area contributed by atoms with Crippen LogP contribution in [0.5, 0.6) is 5.75 Å². The maximum Gasteiger partial charge on any atom is 0.189 e. The molecule has 1 aromatic heterocycles. The smallest absolute Gasteiger partial charge is 0.189 e. The number of anilines is 1. The third kappa shape index (κ3) is 4.75. The molecule has 1 heterocycles. The van der Waals surface area contributed by atoms with Gasteiger partial charge in [0.25, 0.3) is 0 Å². The Labute approximate surface area is 131 Å². The van der Waals surface area contributed by atoms with E-state index in [1.165, 1.54) is 30.0 Å². The van der Waals surface area contributed by atoms with E-state index >= 15 is 0 Å². The van der Waals surface area contributed by atoms with Gasteiger partial charge in [-0.2, -0.15) is 0 Å². The summed E-state index contributed by atoms with van der Waals surface area (Å²) in [6.07, 6.45) is 0.808. The van der Waals surface area contributed by atoms with E-state index in [9.17, 15) is 4.39 Å².